The van der Waals surface area contributed by atoms with E-state index in [1.54, 1.807) is 0 Å². The Balaban J connectivity index is 2.69. The van der Waals surface area contributed by atoms with Gasteiger partial charge in [-0.05, 0) is 6.08 Å². The number of carboxylic acid groups (broad SMARTS) is 1. The minimum atomic E-state index is -1.12. The topological polar surface area (TPSA) is 78.4 Å². The Morgan fingerprint density at radius 1 is 1.70 bits per heavy atom. The molecule has 0 aromatic carbocycles. The van der Waals surface area contributed by atoms with Crippen molar-refractivity contribution in [3.8, 4) is 0 Å². The minimum absolute atomic E-state index is 0.0660. The molecule has 5 heteroatoms. The van der Waals surface area contributed by atoms with Gasteiger partial charge in [-0.1, -0.05) is 0 Å². The summed E-state index contributed by atoms with van der Waals surface area (Å²) in [6.07, 6.45) is 1.39. The molecule has 2 amide bonds. The second-order valence-corrected chi connectivity index (χ2v) is 1.76. The molecule has 5 nitrogen and oxygen atoms in total. The number of hydrogen-bond donors (Lipinski definition) is 3. The average Bonchev–Trinajstić information content (AvgIpc) is 1.88. The number of carbonyl (C=O) groups excluding carboxylic acids is 1. The zero-order valence-corrected chi connectivity index (χ0v) is 5.05. The van der Waals surface area contributed by atoms with Gasteiger partial charge in [0.1, 0.15) is 5.70 Å². The van der Waals surface area contributed by atoms with Crippen molar-refractivity contribution in [2.45, 2.75) is 0 Å². The van der Waals surface area contributed by atoms with Crippen LogP contribution in [0.1, 0.15) is 0 Å². The molecular formula is C5H6N2O3. The van der Waals surface area contributed by atoms with Crippen LogP contribution in [0, 0.1) is 0 Å². The van der Waals surface area contributed by atoms with E-state index in [1.165, 1.54) is 6.08 Å². The van der Waals surface area contributed by atoms with E-state index in [9.17, 15) is 9.59 Å². The van der Waals surface area contributed by atoms with E-state index in [4.69, 9.17) is 5.11 Å². The van der Waals surface area contributed by atoms with E-state index >= 15 is 0 Å². The smallest absolute Gasteiger partial charge is 0.352 e. The van der Waals surface area contributed by atoms with Crippen molar-refractivity contribution < 1.29 is 14.7 Å². The maximum Gasteiger partial charge on any atom is 0.352 e. The van der Waals surface area contributed by atoms with Gasteiger partial charge < -0.3 is 15.7 Å². The molecule has 0 aromatic heterocycles. The predicted octanol–water partition coefficient (Wildman–Crippen LogP) is -0.732. The Labute approximate surface area is 56.7 Å². The van der Waals surface area contributed by atoms with E-state index < -0.39 is 12.0 Å². The molecule has 0 saturated carbocycles. The van der Waals surface area contributed by atoms with Crippen molar-refractivity contribution in [1.29, 1.82) is 0 Å². The fourth-order valence-corrected chi connectivity index (χ4v) is 0.604. The number of amides is 2. The Kier molecular flexibility index (Phi) is 1.57. The van der Waals surface area contributed by atoms with Crippen molar-refractivity contribution in [2.24, 2.45) is 0 Å². The lowest BCUT2D eigenvalue weighted by Gasteiger charge is -2.11. The van der Waals surface area contributed by atoms with Gasteiger partial charge in [-0.15, -0.1) is 0 Å². The van der Waals surface area contributed by atoms with Crippen LogP contribution in [0.15, 0.2) is 11.8 Å². The summed E-state index contributed by atoms with van der Waals surface area (Å²) < 4.78 is 0. The van der Waals surface area contributed by atoms with Gasteiger partial charge in [0.2, 0.25) is 0 Å². The fraction of sp³-hybridized carbons (Fsp3) is 0.200. The van der Waals surface area contributed by atoms with Crippen LogP contribution >= 0.6 is 0 Å². The number of rotatable bonds is 1. The fourth-order valence-electron chi connectivity index (χ4n) is 0.604. The van der Waals surface area contributed by atoms with E-state index in [0.29, 0.717) is 0 Å². The van der Waals surface area contributed by atoms with Gasteiger partial charge >= 0.3 is 12.0 Å². The highest BCUT2D eigenvalue weighted by molar-refractivity contribution is 5.93. The second kappa shape index (κ2) is 2.38. The quantitative estimate of drug-likeness (QED) is 0.451. The summed E-state index contributed by atoms with van der Waals surface area (Å²) in [6.45, 7) is 0.271. The largest absolute Gasteiger partial charge is 0.477 e. The summed E-state index contributed by atoms with van der Waals surface area (Å²) in [5.41, 5.74) is -0.0660. The third-order valence-electron chi connectivity index (χ3n) is 1.05. The SMILES string of the molecule is O=C1NCC=C(C(=O)O)N1. The normalized spacial score (nSPS) is 16.8. The van der Waals surface area contributed by atoms with E-state index in [0.717, 1.165) is 0 Å². The summed E-state index contributed by atoms with van der Waals surface area (Å²) in [4.78, 5) is 20.6. The maximum atomic E-state index is 10.5. The Bertz CT molecular complexity index is 209. The van der Waals surface area contributed by atoms with Crippen molar-refractivity contribution in [1.82, 2.24) is 10.6 Å². The Hall–Kier alpha value is -1.52. The third-order valence-corrected chi connectivity index (χ3v) is 1.05. The summed E-state index contributed by atoms with van der Waals surface area (Å²) in [7, 11) is 0. The van der Waals surface area contributed by atoms with Crippen molar-refractivity contribution in [3.05, 3.63) is 11.8 Å². The lowest BCUT2D eigenvalue weighted by molar-refractivity contribution is -0.133. The number of carboxylic acids is 1. The van der Waals surface area contributed by atoms with Crippen molar-refractivity contribution >= 4 is 12.0 Å². The van der Waals surface area contributed by atoms with E-state index in [1.807, 2.05) is 0 Å². The molecule has 10 heavy (non-hydrogen) atoms. The van der Waals surface area contributed by atoms with Gasteiger partial charge in [-0.2, -0.15) is 0 Å². The average molecular weight is 142 g/mol. The lowest BCUT2D eigenvalue weighted by Crippen LogP contribution is -2.41. The minimum Gasteiger partial charge on any atom is -0.477 e. The number of carbonyl (C=O) groups is 2. The zero-order chi connectivity index (χ0) is 7.56. The number of urea groups is 1. The number of nitrogens with one attached hydrogen (secondary N) is 2. The molecule has 0 bridgehead atoms. The third kappa shape index (κ3) is 1.25. The van der Waals surface area contributed by atoms with Crippen LogP contribution in [0.4, 0.5) is 4.79 Å². The molecule has 0 spiro atoms. The van der Waals surface area contributed by atoms with Crippen molar-refractivity contribution in [3.63, 3.8) is 0 Å². The first-order chi connectivity index (χ1) is 4.70. The monoisotopic (exact) mass is 142 g/mol. The highest BCUT2D eigenvalue weighted by Gasteiger charge is 2.13. The highest BCUT2D eigenvalue weighted by Crippen LogP contribution is 1.92. The zero-order valence-electron chi connectivity index (χ0n) is 5.05. The van der Waals surface area contributed by atoms with E-state index in [-0.39, 0.29) is 12.2 Å². The van der Waals surface area contributed by atoms with Crippen LogP contribution in [0.3, 0.4) is 0 Å². The first kappa shape index (κ1) is 6.60. The number of aliphatic carboxylic acids is 1. The van der Waals surface area contributed by atoms with Gasteiger partial charge in [0.15, 0.2) is 0 Å². The molecule has 0 fully saturated rings. The molecule has 0 unspecified atom stereocenters. The van der Waals surface area contributed by atoms with Gasteiger partial charge in [-0.3, -0.25) is 0 Å². The van der Waals surface area contributed by atoms with Gasteiger partial charge in [-0.25, -0.2) is 9.59 Å². The van der Waals surface area contributed by atoms with Gasteiger partial charge in [0, 0.05) is 6.54 Å². The molecule has 0 saturated heterocycles. The molecular weight excluding hydrogens is 136 g/mol. The van der Waals surface area contributed by atoms with Gasteiger partial charge in [0.25, 0.3) is 0 Å². The first-order valence-corrected chi connectivity index (χ1v) is 2.68. The molecule has 0 aliphatic carbocycles. The molecule has 1 aliphatic rings. The van der Waals surface area contributed by atoms with Crippen LogP contribution in [0.5, 0.6) is 0 Å². The molecule has 1 heterocycles. The van der Waals surface area contributed by atoms with Crippen LogP contribution in [0.25, 0.3) is 0 Å². The summed E-state index contributed by atoms with van der Waals surface area (Å²) in [5.74, 6) is -1.12. The van der Waals surface area contributed by atoms with Crippen LogP contribution < -0.4 is 10.6 Å². The Morgan fingerprint density at radius 2 is 2.40 bits per heavy atom. The number of hydrogen-bond acceptors (Lipinski definition) is 2. The standard InChI is InChI=1S/C5H6N2O3/c8-4(9)3-1-2-6-5(10)7-3/h1H,2H2,(H,8,9)(H2,6,7,10). The van der Waals surface area contributed by atoms with Crippen LogP contribution in [-0.4, -0.2) is 23.7 Å². The molecule has 0 aromatic rings. The summed E-state index contributed by atoms with van der Waals surface area (Å²) in [5, 5.41) is 12.8. The second-order valence-electron chi connectivity index (χ2n) is 1.76. The molecule has 0 atom stereocenters. The summed E-state index contributed by atoms with van der Waals surface area (Å²) in [6, 6.07) is -0.472. The van der Waals surface area contributed by atoms with E-state index in [2.05, 4.69) is 10.6 Å². The van der Waals surface area contributed by atoms with Crippen LogP contribution in [0.2, 0.25) is 0 Å². The van der Waals surface area contributed by atoms with Gasteiger partial charge in [0.05, 0.1) is 0 Å². The molecule has 1 aliphatic heterocycles. The predicted molar refractivity (Wildman–Crippen MR) is 32.3 cm³/mol. The highest BCUT2D eigenvalue weighted by atomic mass is 16.4. The Morgan fingerprint density at radius 3 is 2.80 bits per heavy atom. The molecule has 3 N–H and O–H groups in total. The molecule has 0 radical (unpaired) electrons. The van der Waals surface area contributed by atoms with Crippen molar-refractivity contribution in [2.75, 3.05) is 6.54 Å². The lowest BCUT2D eigenvalue weighted by atomic mass is 10.3. The van der Waals surface area contributed by atoms with Crippen LogP contribution in [-0.2, 0) is 4.79 Å². The summed E-state index contributed by atoms with van der Waals surface area (Å²) >= 11 is 0. The molecule has 1 rings (SSSR count). The molecule has 54 valence electrons. The first-order valence-electron chi connectivity index (χ1n) is 2.68. The maximum absolute atomic E-state index is 10.5.